The fraction of sp³-hybridized carbons (Fsp3) is 0. The van der Waals surface area contributed by atoms with E-state index in [4.69, 9.17) is 17.0 Å². The molecule has 4 aromatic carbocycles. The lowest BCUT2D eigenvalue weighted by atomic mass is 10.0. The van der Waals surface area contributed by atoms with Crippen LogP contribution >= 0.6 is 12.2 Å². The van der Waals surface area contributed by atoms with E-state index >= 15 is 0 Å². The number of nitro groups is 2. The van der Waals surface area contributed by atoms with E-state index in [0.717, 1.165) is 18.2 Å². The molecular formula is C29H18N4O7S. The zero-order chi connectivity index (χ0) is 29.1. The normalized spacial score (nSPS) is 13.3. The van der Waals surface area contributed by atoms with E-state index in [2.05, 4.69) is 0 Å². The van der Waals surface area contributed by atoms with Crippen LogP contribution in [0.1, 0.15) is 5.56 Å². The highest BCUT2D eigenvalue weighted by molar-refractivity contribution is 7.81. The van der Waals surface area contributed by atoms with Gasteiger partial charge in [-0.05, 0) is 66.3 Å². The number of anilines is 2. The summed E-state index contributed by atoms with van der Waals surface area (Å²) < 4.78 is 5.60. The number of hydrogen-bond acceptors (Lipinski definition) is 8. The van der Waals surface area contributed by atoms with E-state index in [1.54, 1.807) is 72.8 Å². The van der Waals surface area contributed by atoms with Gasteiger partial charge in [-0.15, -0.1) is 0 Å². The van der Waals surface area contributed by atoms with Crippen molar-refractivity contribution in [3.8, 4) is 11.5 Å². The van der Waals surface area contributed by atoms with Crippen LogP contribution in [-0.2, 0) is 9.59 Å². The Morgan fingerprint density at radius 3 is 1.73 bits per heavy atom. The third-order valence-corrected chi connectivity index (χ3v) is 6.41. The molecule has 11 nitrogen and oxygen atoms in total. The SMILES string of the molecule is O=C1C(=Cc2ccc(Oc3ccc([N+](=O)[O-])cc3[N+](=O)[O-])cc2)C(=O)N(c2ccccc2)C(=S)N1c1ccccc1. The second kappa shape index (κ2) is 11.2. The van der Waals surface area contributed by atoms with Gasteiger partial charge in [0.05, 0.1) is 27.3 Å². The van der Waals surface area contributed by atoms with Gasteiger partial charge < -0.3 is 4.74 Å². The van der Waals surface area contributed by atoms with E-state index in [0.29, 0.717) is 16.9 Å². The second-order valence-electron chi connectivity index (χ2n) is 8.63. The fourth-order valence-corrected chi connectivity index (χ4v) is 4.49. The zero-order valence-corrected chi connectivity index (χ0v) is 21.8. The minimum absolute atomic E-state index is 0.0167. The molecule has 41 heavy (non-hydrogen) atoms. The van der Waals surface area contributed by atoms with Crippen LogP contribution in [0.25, 0.3) is 6.08 Å². The standard InChI is InChI=1S/C29H18N4O7S/c34-27-24(28(35)31(21-9-5-2-6-10-21)29(41)30(27)20-7-3-1-4-8-20)17-19-11-14-23(15-12-19)40-26-16-13-22(32(36)37)18-25(26)33(38)39/h1-18H. The van der Waals surface area contributed by atoms with Gasteiger partial charge in [-0.3, -0.25) is 39.6 Å². The molecule has 5 rings (SSSR count). The topological polar surface area (TPSA) is 136 Å². The number of carbonyl (C=O) groups is 2. The van der Waals surface area contributed by atoms with Crippen LogP contribution in [0.3, 0.4) is 0 Å². The number of nitrogens with zero attached hydrogens (tertiary/aromatic N) is 4. The summed E-state index contributed by atoms with van der Waals surface area (Å²) in [4.78, 5) is 50.7. The van der Waals surface area contributed by atoms with E-state index in [1.807, 2.05) is 0 Å². The van der Waals surface area contributed by atoms with Gasteiger partial charge >= 0.3 is 5.69 Å². The maximum Gasteiger partial charge on any atom is 0.318 e. The molecule has 2 amide bonds. The van der Waals surface area contributed by atoms with E-state index in [1.165, 1.54) is 28.0 Å². The first-order valence-electron chi connectivity index (χ1n) is 12.0. The van der Waals surface area contributed by atoms with E-state index in [-0.39, 0.29) is 22.2 Å². The summed E-state index contributed by atoms with van der Waals surface area (Å²) in [5, 5.41) is 22.4. The number of amides is 2. The number of non-ortho nitro benzene ring substituents is 1. The highest BCUT2D eigenvalue weighted by Gasteiger charge is 2.41. The third-order valence-electron chi connectivity index (χ3n) is 6.05. The predicted molar refractivity (Wildman–Crippen MR) is 155 cm³/mol. The number of hydrogen-bond donors (Lipinski definition) is 0. The molecule has 0 bridgehead atoms. The average Bonchev–Trinajstić information content (AvgIpc) is 2.97. The van der Waals surface area contributed by atoms with Gasteiger partial charge in [0.15, 0.2) is 5.11 Å². The van der Waals surface area contributed by atoms with Gasteiger partial charge in [-0.25, -0.2) is 0 Å². The van der Waals surface area contributed by atoms with Crippen molar-refractivity contribution >= 4 is 58.0 Å². The maximum atomic E-state index is 13.6. The third kappa shape index (κ3) is 5.40. The summed E-state index contributed by atoms with van der Waals surface area (Å²) in [6, 6.07) is 26.6. The fourth-order valence-electron chi connectivity index (χ4n) is 4.11. The molecule has 0 N–H and O–H groups in total. The molecule has 12 heteroatoms. The Morgan fingerprint density at radius 2 is 1.24 bits per heavy atom. The zero-order valence-electron chi connectivity index (χ0n) is 20.9. The number of para-hydroxylation sites is 2. The van der Waals surface area contributed by atoms with Crippen LogP contribution in [-0.4, -0.2) is 26.8 Å². The van der Waals surface area contributed by atoms with Gasteiger partial charge in [-0.2, -0.15) is 0 Å². The predicted octanol–water partition coefficient (Wildman–Crippen LogP) is 6.04. The molecule has 0 aliphatic carbocycles. The number of carbonyl (C=O) groups excluding carboxylic acids is 2. The van der Waals surface area contributed by atoms with E-state index in [9.17, 15) is 29.8 Å². The van der Waals surface area contributed by atoms with Crippen molar-refractivity contribution in [2.75, 3.05) is 9.80 Å². The van der Waals surface area contributed by atoms with Crippen LogP contribution in [0.5, 0.6) is 11.5 Å². The molecule has 0 atom stereocenters. The molecule has 202 valence electrons. The van der Waals surface area contributed by atoms with Crippen molar-refractivity contribution in [2.24, 2.45) is 0 Å². The van der Waals surface area contributed by atoms with Crippen molar-refractivity contribution in [3.63, 3.8) is 0 Å². The quantitative estimate of drug-likeness (QED) is 0.0868. The number of nitro benzene ring substituents is 2. The Bertz CT molecular complexity index is 1660. The van der Waals surface area contributed by atoms with Gasteiger partial charge in [0, 0.05) is 6.07 Å². The first-order valence-corrected chi connectivity index (χ1v) is 12.4. The summed E-state index contributed by atoms with van der Waals surface area (Å²) >= 11 is 5.60. The first-order chi connectivity index (χ1) is 19.7. The molecule has 1 fully saturated rings. The highest BCUT2D eigenvalue weighted by Crippen LogP contribution is 2.35. The number of benzene rings is 4. The van der Waals surface area contributed by atoms with Crippen molar-refractivity contribution in [3.05, 3.63) is 134 Å². The second-order valence-corrected chi connectivity index (χ2v) is 9.00. The number of thiocarbonyl (C=S) groups is 1. The van der Waals surface area contributed by atoms with Crippen molar-refractivity contribution in [1.82, 2.24) is 0 Å². The lowest BCUT2D eigenvalue weighted by Gasteiger charge is -2.36. The van der Waals surface area contributed by atoms with Gasteiger partial charge in [0.25, 0.3) is 17.5 Å². The van der Waals surface area contributed by atoms with Crippen molar-refractivity contribution < 1.29 is 24.2 Å². The molecule has 0 aromatic heterocycles. The molecule has 0 spiro atoms. The maximum absolute atomic E-state index is 13.6. The highest BCUT2D eigenvalue weighted by atomic mass is 32.1. The van der Waals surface area contributed by atoms with Crippen LogP contribution in [0.4, 0.5) is 22.7 Å². The minimum atomic E-state index is -0.775. The Morgan fingerprint density at radius 1 is 0.707 bits per heavy atom. The van der Waals surface area contributed by atoms with Gasteiger partial charge in [-0.1, -0.05) is 48.5 Å². The molecule has 0 saturated carbocycles. The molecule has 1 aliphatic rings. The molecule has 1 saturated heterocycles. The summed E-state index contributed by atoms with van der Waals surface area (Å²) in [5.41, 5.74) is 0.320. The Balaban J connectivity index is 1.48. The molecule has 0 unspecified atom stereocenters. The van der Waals surface area contributed by atoms with Crippen LogP contribution in [0.2, 0.25) is 0 Å². The van der Waals surface area contributed by atoms with Crippen LogP contribution < -0.4 is 14.5 Å². The molecule has 4 aromatic rings. The summed E-state index contributed by atoms with van der Waals surface area (Å²) in [5.74, 6) is -1.18. The Hall–Kier alpha value is -5.75. The number of rotatable bonds is 7. The first kappa shape index (κ1) is 26.8. The van der Waals surface area contributed by atoms with Gasteiger partial charge in [0.1, 0.15) is 11.3 Å². The van der Waals surface area contributed by atoms with Crippen molar-refractivity contribution in [1.29, 1.82) is 0 Å². The molecule has 1 heterocycles. The van der Waals surface area contributed by atoms with Crippen LogP contribution in [0, 0.1) is 20.2 Å². The summed E-state index contributed by atoms with van der Waals surface area (Å²) in [6.45, 7) is 0. The molecule has 0 radical (unpaired) electrons. The van der Waals surface area contributed by atoms with E-state index < -0.39 is 33.0 Å². The summed E-state index contributed by atoms with van der Waals surface area (Å²) in [6.07, 6.45) is 1.43. The Kier molecular flexibility index (Phi) is 7.31. The Labute approximate surface area is 237 Å². The largest absolute Gasteiger partial charge is 0.450 e. The molecule has 1 aliphatic heterocycles. The average molecular weight is 567 g/mol. The van der Waals surface area contributed by atoms with Crippen molar-refractivity contribution in [2.45, 2.75) is 0 Å². The lowest BCUT2D eigenvalue weighted by molar-refractivity contribution is -0.394. The molecular weight excluding hydrogens is 548 g/mol. The minimum Gasteiger partial charge on any atom is -0.450 e. The number of ether oxygens (including phenoxy) is 1. The van der Waals surface area contributed by atoms with Crippen LogP contribution in [0.15, 0.2) is 109 Å². The van der Waals surface area contributed by atoms with Gasteiger partial charge in [0.2, 0.25) is 5.75 Å². The lowest BCUT2D eigenvalue weighted by Crippen LogP contribution is -2.56. The summed E-state index contributed by atoms with van der Waals surface area (Å²) in [7, 11) is 0. The smallest absolute Gasteiger partial charge is 0.318 e. The monoisotopic (exact) mass is 566 g/mol.